The summed E-state index contributed by atoms with van der Waals surface area (Å²) in [6, 6.07) is 15.9. The van der Waals surface area contributed by atoms with Gasteiger partial charge in [-0.25, -0.2) is 14.4 Å². The van der Waals surface area contributed by atoms with Gasteiger partial charge in [0.2, 0.25) is 5.91 Å². The summed E-state index contributed by atoms with van der Waals surface area (Å²) in [6.07, 6.45) is 1.08. The monoisotopic (exact) mass is 347 g/mol. The lowest BCUT2D eigenvalue weighted by molar-refractivity contribution is -0.119. The first-order chi connectivity index (χ1) is 12.6. The van der Waals surface area contributed by atoms with Gasteiger partial charge < -0.3 is 0 Å². The molecule has 4 nitrogen and oxygen atoms in total. The lowest BCUT2D eigenvalue weighted by Gasteiger charge is -2.29. The largest absolute Gasteiger partial charge is 0.292 e. The molecule has 1 amide bonds. The number of nitrogens with zero attached hydrogens (tertiary/aromatic N) is 3. The Bertz CT molecular complexity index is 955. The predicted molar refractivity (Wildman–Crippen MR) is 98.1 cm³/mol. The average Bonchev–Trinajstić information content (AvgIpc) is 2.66. The summed E-state index contributed by atoms with van der Waals surface area (Å²) in [6.45, 7) is 2.33. The number of carbonyl (C=O) groups is 1. The number of rotatable bonds is 3. The maximum atomic E-state index is 13.2. The number of amides is 1. The van der Waals surface area contributed by atoms with Crippen LogP contribution in [0.1, 0.15) is 23.2 Å². The predicted octanol–water partition coefficient (Wildman–Crippen LogP) is 4.07. The first-order valence-corrected chi connectivity index (χ1v) is 8.59. The summed E-state index contributed by atoms with van der Waals surface area (Å²) in [5.74, 6) is 1.01. The minimum Gasteiger partial charge on any atom is -0.292 e. The first-order valence-electron chi connectivity index (χ1n) is 8.59. The maximum absolute atomic E-state index is 13.2. The molecule has 0 radical (unpaired) electrons. The van der Waals surface area contributed by atoms with E-state index in [1.165, 1.54) is 12.1 Å². The molecule has 3 aromatic rings. The van der Waals surface area contributed by atoms with Crippen LogP contribution in [0.4, 0.5) is 10.2 Å². The Morgan fingerprint density at radius 3 is 2.46 bits per heavy atom. The van der Waals surface area contributed by atoms with Gasteiger partial charge >= 0.3 is 0 Å². The molecule has 0 aliphatic carbocycles. The molecule has 0 atom stereocenters. The minimum atomic E-state index is -0.288. The molecular formula is C21H18FN3O. The Morgan fingerprint density at radius 1 is 1.00 bits per heavy atom. The number of benzene rings is 2. The molecule has 2 heterocycles. The van der Waals surface area contributed by atoms with E-state index in [0.717, 1.165) is 22.4 Å². The molecule has 0 saturated heterocycles. The average molecular weight is 347 g/mol. The minimum absolute atomic E-state index is 0.0268. The highest BCUT2D eigenvalue weighted by Gasteiger charge is 2.28. The Morgan fingerprint density at radius 2 is 1.73 bits per heavy atom. The fourth-order valence-electron chi connectivity index (χ4n) is 3.23. The number of aromatic nitrogens is 2. The lowest BCUT2D eigenvalue weighted by Crippen LogP contribution is -2.36. The van der Waals surface area contributed by atoms with E-state index >= 15 is 0 Å². The summed E-state index contributed by atoms with van der Waals surface area (Å²) in [5.41, 5.74) is 3.68. The third kappa shape index (κ3) is 3.08. The number of anilines is 1. The van der Waals surface area contributed by atoms with Crippen molar-refractivity contribution in [1.29, 1.82) is 0 Å². The van der Waals surface area contributed by atoms with Gasteiger partial charge in [0.05, 0.1) is 6.54 Å². The van der Waals surface area contributed by atoms with Crippen molar-refractivity contribution in [3.63, 3.8) is 0 Å². The lowest BCUT2D eigenvalue weighted by atomic mass is 10.0. The Labute approximate surface area is 151 Å². The summed E-state index contributed by atoms with van der Waals surface area (Å²) in [5, 5.41) is 0. The quantitative estimate of drug-likeness (QED) is 0.717. The van der Waals surface area contributed by atoms with E-state index in [2.05, 4.69) is 4.98 Å². The molecule has 0 unspecified atom stereocenters. The van der Waals surface area contributed by atoms with Gasteiger partial charge in [0.25, 0.3) is 0 Å². The molecule has 1 aromatic heterocycles. The fraction of sp³-hybridized carbons (Fsp3) is 0.190. The molecule has 4 rings (SSSR count). The van der Waals surface area contributed by atoms with Crippen molar-refractivity contribution >= 4 is 11.7 Å². The molecular weight excluding hydrogens is 329 g/mol. The van der Waals surface area contributed by atoms with Gasteiger partial charge in [0, 0.05) is 23.2 Å². The zero-order chi connectivity index (χ0) is 18.1. The van der Waals surface area contributed by atoms with E-state index in [-0.39, 0.29) is 11.7 Å². The highest BCUT2D eigenvalue weighted by Crippen LogP contribution is 2.31. The SMILES string of the molecule is Cc1nc(-c2ccccc2)nc2c1CCC(=O)N2Cc1ccc(F)cc1. The standard InChI is InChI=1S/C21H18FN3O/c1-14-18-11-12-19(26)25(13-15-7-9-17(22)10-8-15)21(18)24-20(23-14)16-5-3-2-4-6-16/h2-10H,11-13H2,1H3. The van der Waals surface area contributed by atoms with E-state index in [0.29, 0.717) is 31.0 Å². The topological polar surface area (TPSA) is 46.1 Å². The van der Waals surface area contributed by atoms with Crippen LogP contribution >= 0.6 is 0 Å². The molecule has 5 heteroatoms. The van der Waals surface area contributed by atoms with Crippen LogP contribution < -0.4 is 4.90 Å². The van der Waals surface area contributed by atoms with Gasteiger partial charge in [0.1, 0.15) is 11.6 Å². The second-order valence-corrected chi connectivity index (χ2v) is 6.41. The number of fused-ring (bicyclic) bond motifs is 1. The number of carbonyl (C=O) groups excluding carboxylic acids is 1. The van der Waals surface area contributed by atoms with E-state index in [1.807, 2.05) is 37.3 Å². The molecule has 2 aromatic carbocycles. The molecule has 130 valence electrons. The van der Waals surface area contributed by atoms with Crippen molar-refractivity contribution in [3.05, 3.63) is 77.2 Å². The number of hydrogen-bond acceptors (Lipinski definition) is 3. The molecule has 0 fully saturated rings. The molecule has 1 aliphatic heterocycles. The number of halogens is 1. The Hall–Kier alpha value is -3.08. The maximum Gasteiger partial charge on any atom is 0.228 e. The first kappa shape index (κ1) is 16.4. The summed E-state index contributed by atoms with van der Waals surface area (Å²) in [4.78, 5) is 23.6. The van der Waals surface area contributed by atoms with Crippen molar-refractivity contribution in [3.8, 4) is 11.4 Å². The van der Waals surface area contributed by atoms with Crippen LogP contribution in [0.3, 0.4) is 0 Å². The summed E-state index contributed by atoms with van der Waals surface area (Å²) >= 11 is 0. The third-order valence-electron chi connectivity index (χ3n) is 4.62. The van der Waals surface area contributed by atoms with Gasteiger partial charge in [0.15, 0.2) is 5.82 Å². The van der Waals surface area contributed by atoms with Crippen LogP contribution in [-0.4, -0.2) is 15.9 Å². The van der Waals surface area contributed by atoms with Crippen molar-refractivity contribution in [2.75, 3.05) is 4.90 Å². The van der Waals surface area contributed by atoms with Crippen molar-refractivity contribution in [2.24, 2.45) is 0 Å². The normalized spacial score (nSPS) is 13.6. The van der Waals surface area contributed by atoms with E-state index in [1.54, 1.807) is 17.0 Å². The van der Waals surface area contributed by atoms with Crippen molar-refractivity contribution in [2.45, 2.75) is 26.3 Å². The molecule has 0 N–H and O–H groups in total. The third-order valence-corrected chi connectivity index (χ3v) is 4.62. The second-order valence-electron chi connectivity index (χ2n) is 6.41. The van der Waals surface area contributed by atoms with Crippen LogP contribution in [0.5, 0.6) is 0 Å². The van der Waals surface area contributed by atoms with Gasteiger partial charge in [-0.2, -0.15) is 0 Å². The molecule has 26 heavy (non-hydrogen) atoms. The summed E-state index contributed by atoms with van der Waals surface area (Å²) in [7, 11) is 0. The van der Waals surface area contributed by atoms with Crippen LogP contribution in [0.25, 0.3) is 11.4 Å². The fourth-order valence-corrected chi connectivity index (χ4v) is 3.23. The van der Waals surface area contributed by atoms with E-state index < -0.39 is 0 Å². The Kier molecular flexibility index (Phi) is 4.21. The van der Waals surface area contributed by atoms with Crippen LogP contribution in [0, 0.1) is 12.7 Å². The van der Waals surface area contributed by atoms with Crippen molar-refractivity contribution in [1.82, 2.24) is 9.97 Å². The van der Waals surface area contributed by atoms with Gasteiger partial charge in [-0.15, -0.1) is 0 Å². The highest BCUT2D eigenvalue weighted by atomic mass is 19.1. The van der Waals surface area contributed by atoms with Gasteiger partial charge in [-0.05, 0) is 31.0 Å². The molecule has 0 spiro atoms. The smallest absolute Gasteiger partial charge is 0.228 e. The van der Waals surface area contributed by atoms with Crippen LogP contribution in [-0.2, 0) is 17.8 Å². The van der Waals surface area contributed by atoms with E-state index in [4.69, 9.17) is 4.98 Å². The van der Waals surface area contributed by atoms with Gasteiger partial charge in [-0.1, -0.05) is 42.5 Å². The Balaban J connectivity index is 1.77. The highest BCUT2D eigenvalue weighted by molar-refractivity contribution is 5.95. The summed E-state index contributed by atoms with van der Waals surface area (Å²) < 4.78 is 13.2. The van der Waals surface area contributed by atoms with Crippen LogP contribution in [0.2, 0.25) is 0 Å². The molecule has 0 bridgehead atoms. The molecule has 0 saturated carbocycles. The van der Waals surface area contributed by atoms with Crippen molar-refractivity contribution < 1.29 is 9.18 Å². The molecule has 1 aliphatic rings. The second kappa shape index (κ2) is 6.67. The number of hydrogen-bond donors (Lipinski definition) is 0. The van der Waals surface area contributed by atoms with Gasteiger partial charge in [-0.3, -0.25) is 9.69 Å². The number of aryl methyl sites for hydroxylation is 1. The zero-order valence-corrected chi connectivity index (χ0v) is 14.4. The van der Waals surface area contributed by atoms with Crippen LogP contribution in [0.15, 0.2) is 54.6 Å². The van der Waals surface area contributed by atoms with E-state index in [9.17, 15) is 9.18 Å². The zero-order valence-electron chi connectivity index (χ0n) is 14.4.